The lowest BCUT2D eigenvalue weighted by atomic mass is 10.0. The lowest BCUT2D eigenvalue weighted by molar-refractivity contribution is 0.798. The predicted octanol–water partition coefficient (Wildman–Crippen LogP) is 4.38. The van der Waals surface area contributed by atoms with Crippen LogP contribution in [-0.4, -0.2) is 12.0 Å². The Balaban J connectivity index is 2.76. The highest BCUT2D eigenvalue weighted by atomic mass is 35.5. The summed E-state index contributed by atoms with van der Waals surface area (Å²) in [5, 5.41) is 5.43. The van der Waals surface area contributed by atoms with Gasteiger partial charge in [-0.15, -0.1) is 0 Å². The molecule has 0 bridgehead atoms. The van der Waals surface area contributed by atoms with Crippen molar-refractivity contribution in [2.75, 3.05) is 7.05 Å². The van der Waals surface area contributed by atoms with Crippen LogP contribution in [-0.2, 0) is 6.54 Å². The summed E-state index contributed by atoms with van der Waals surface area (Å²) in [6.45, 7) is 5.02. The van der Waals surface area contributed by atoms with Crippen LogP contribution < -0.4 is 5.32 Å². The number of nitrogens with zero attached hydrogens (tertiary/aromatic N) is 1. The second-order valence-corrected chi connectivity index (χ2v) is 5.52. The Hall–Kier alpha value is -0.830. The van der Waals surface area contributed by atoms with E-state index in [2.05, 4.69) is 30.2 Å². The molecule has 2 nitrogen and oxygen atoms in total. The van der Waals surface area contributed by atoms with E-state index in [0.717, 1.165) is 28.7 Å². The van der Waals surface area contributed by atoms with Gasteiger partial charge in [0.15, 0.2) is 0 Å². The molecule has 0 unspecified atom stereocenters. The van der Waals surface area contributed by atoms with E-state index in [9.17, 15) is 0 Å². The molecule has 0 aliphatic carbocycles. The molecule has 1 aromatic carbocycles. The van der Waals surface area contributed by atoms with E-state index in [1.807, 2.05) is 13.1 Å². The summed E-state index contributed by atoms with van der Waals surface area (Å²) in [7, 11) is 1.92. The van der Waals surface area contributed by atoms with Crippen LogP contribution in [0.25, 0.3) is 10.9 Å². The molecule has 1 aromatic heterocycles. The van der Waals surface area contributed by atoms with Crippen molar-refractivity contribution in [3.63, 3.8) is 0 Å². The Kier molecular flexibility index (Phi) is 4.10. The average molecular weight is 283 g/mol. The smallest absolute Gasteiger partial charge is 0.0738 e. The van der Waals surface area contributed by atoms with Crippen molar-refractivity contribution in [3.05, 3.63) is 39.5 Å². The highest BCUT2D eigenvalue weighted by Gasteiger charge is 2.11. The van der Waals surface area contributed by atoms with Crippen LogP contribution in [0.15, 0.2) is 18.2 Å². The number of hydrogen-bond acceptors (Lipinski definition) is 2. The molecule has 0 saturated heterocycles. The zero-order valence-electron chi connectivity index (χ0n) is 10.7. The summed E-state index contributed by atoms with van der Waals surface area (Å²) in [6, 6.07) is 5.75. The summed E-state index contributed by atoms with van der Waals surface area (Å²) in [5.41, 5.74) is 3.09. The Morgan fingerprint density at radius 3 is 2.56 bits per heavy atom. The minimum absolute atomic E-state index is 0.378. The molecule has 0 radical (unpaired) electrons. The summed E-state index contributed by atoms with van der Waals surface area (Å²) >= 11 is 12.3. The topological polar surface area (TPSA) is 24.9 Å². The highest BCUT2D eigenvalue weighted by molar-refractivity contribution is 6.38. The Labute approximate surface area is 117 Å². The maximum absolute atomic E-state index is 6.28. The van der Waals surface area contributed by atoms with Crippen molar-refractivity contribution < 1.29 is 0 Å². The molecule has 1 heterocycles. The van der Waals surface area contributed by atoms with Gasteiger partial charge in [-0.2, -0.15) is 0 Å². The lowest BCUT2D eigenvalue weighted by Gasteiger charge is -2.13. The molecule has 0 saturated carbocycles. The van der Waals surface area contributed by atoms with Crippen LogP contribution in [0.4, 0.5) is 0 Å². The Morgan fingerprint density at radius 2 is 1.94 bits per heavy atom. The average Bonchev–Trinajstić information content (AvgIpc) is 2.27. The summed E-state index contributed by atoms with van der Waals surface area (Å²) < 4.78 is 0. The van der Waals surface area contributed by atoms with E-state index in [0.29, 0.717) is 16.0 Å². The minimum Gasteiger partial charge on any atom is -0.316 e. The number of aromatic nitrogens is 1. The van der Waals surface area contributed by atoms with Gasteiger partial charge < -0.3 is 5.32 Å². The fraction of sp³-hybridized carbons (Fsp3) is 0.357. The van der Waals surface area contributed by atoms with Gasteiger partial charge in [-0.3, -0.25) is 4.98 Å². The molecule has 2 rings (SSSR count). The highest BCUT2D eigenvalue weighted by Crippen LogP contribution is 2.31. The van der Waals surface area contributed by atoms with Gasteiger partial charge in [0.2, 0.25) is 0 Å². The lowest BCUT2D eigenvalue weighted by Crippen LogP contribution is -2.07. The zero-order chi connectivity index (χ0) is 13.3. The van der Waals surface area contributed by atoms with E-state index >= 15 is 0 Å². The summed E-state index contributed by atoms with van der Waals surface area (Å²) in [6.07, 6.45) is 0. The number of halogens is 2. The van der Waals surface area contributed by atoms with Gasteiger partial charge in [0.05, 0.1) is 10.5 Å². The van der Waals surface area contributed by atoms with Crippen molar-refractivity contribution in [1.82, 2.24) is 10.3 Å². The third-order valence-corrected chi connectivity index (χ3v) is 3.40. The van der Waals surface area contributed by atoms with Crippen molar-refractivity contribution >= 4 is 34.1 Å². The standard InChI is InChI=1S/C14H16Cl2N2/c1-8(2)12-4-9(7-17-3)14-11(16)5-10(15)6-13(14)18-12/h4-6,8,17H,7H2,1-3H3. The Bertz CT molecular complexity index is 580. The SMILES string of the molecule is CNCc1cc(C(C)C)nc2cc(Cl)cc(Cl)c12. The van der Waals surface area contributed by atoms with Crippen molar-refractivity contribution in [3.8, 4) is 0 Å². The Morgan fingerprint density at radius 1 is 1.22 bits per heavy atom. The van der Waals surface area contributed by atoms with Crippen molar-refractivity contribution in [1.29, 1.82) is 0 Å². The molecule has 0 aliphatic heterocycles. The molecule has 0 amide bonds. The normalized spacial score (nSPS) is 11.4. The molecular weight excluding hydrogens is 267 g/mol. The first-order valence-electron chi connectivity index (χ1n) is 5.96. The van der Waals surface area contributed by atoms with Gasteiger partial charge in [0.1, 0.15) is 0 Å². The van der Waals surface area contributed by atoms with E-state index in [1.165, 1.54) is 0 Å². The number of nitrogens with one attached hydrogen (secondary N) is 1. The summed E-state index contributed by atoms with van der Waals surface area (Å²) in [5.74, 6) is 0.378. The molecule has 1 N–H and O–H groups in total. The van der Waals surface area contributed by atoms with Gasteiger partial charge in [-0.1, -0.05) is 37.0 Å². The number of hydrogen-bond donors (Lipinski definition) is 1. The quantitative estimate of drug-likeness (QED) is 0.904. The zero-order valence-corrected chi connectivity index (χ0v) is 12.2. The van der Waals surface area contributed by atoms with E-state index < -0.39 is 0 Å². The first-order valence-corrected chi connectivity index (χ1v) is 6.71. The van der Waals surface area contributed by atoms with Gasteiger partial charge in [0, 0.05) is 22.6 Å². The molecule has 96 valence electrons. The maximum Gasteiger partial charge on any atom is 0.0738 e. The second kappa shape index (κ2) is 5.43. The van der Waals surface area contributed by atoms with Crippen LogP contribution >= 0.6 is 23.2 Å². The van der Waals surface area contributed by atoms with E-state index in [4.69, 9.17) is 23.2 Å². The van der Waals surface area contributed by atoms with Gasteiger partial charge in [0.25, 0.3) is 0 Å². The molecular formula is C14H16Cl2N2. The fourth-order valence-corrected chi connectivity index (χ4v) is 2.62. The molecule has 2 aromatic rings. The first-order chi connectivity index (χ1) is 8.52. The van der Waals surface area contributed by atoms with Crippen LogP contribution in [0.2, 0.25) is 10.0 Å². The monoisotopic (exact) mass is 282 g/mol. The molecule has 0 atom stereocenters. The van der Waals surface area contributed by atoms with Crippen LogP contribution in [0.1, 0.15) is 31.0 Å². The largest absolute Gasteiger partial charge is 0.316 e. The third-order valence-electron chi connectivity index (χ3n) is 2.89. The molecule has 0 spiro atoms. The molecule has 0 fully saturated rings. The molecule has 18 heavy (non-hydrogen) atoms. The second-order valence-electron chi connectivity index (χ2n) is 4.67. The maximum atomic E-state index is 6.28. The fourth-order valence-electron chi connectivity index (χ4n) is 2.01. The van der Waals surface area contributed by atoms with E-state index in [1.54, 1.807) is 6.07 Å². The van der Waals surface area contributed by atoms with Crippen LogP contribution in [0.3, 0.4) is 0 Å². The van der Waals surface area contributed by atoms with Crippen LogP contribution in [0.5, 0.6) is 0 Å². The number of pyridine rings is 1. The molecule has 4 heteroatoms. The van der Waals surface area contributed by atoms with Gasteiger partial charge >= 0.3 is 0 Å². The number of fused-ring (bicyclic) bond motifs is 1. The van der Waals surface area contributed by atoms with Crippen molar-refractivity contribution in [2.45, 2.75) is 26.3 Å². The summed E-state index contributed by atoms with van der Waals surface area (Å²) in [4.78, 5) is 4.64. The molecule has 0 aliphatic rings. The van der Waals surface area contributed by atoms with Crippen LogP contribution in [0, 0.1) is 0 Å². The van der Waals surface area contributed by atoms with Gasteiger partial charge in [-0.25, -0.2) is 0 Å². The number of benzene rings is 1. The third kappa shape index (κ3) is 2.61. The minimum atomic E-state index is 0.378. The number of rotatable bonds is 3. The van der Waals surface area contributed by atoms with Crippen molar-refractivity contribution in [2.24, 2.45) is 0 Å². The predicted molar refractivity (Wildman–Crippen MR) is 78.6 cm³/mol. The first kappa shape index (κ1) is 13.6. The van der Waals surface area contributed by atoms with Gasteiger partial charge in [-0.05, 0) is 36.7 Å². The van der Waals surface area contributed by atoms with E-state index in [-0.39, 0.29) is 0 Å².